The van der Waals surface area contributed by atoms with Gasteiger partial charge in [-0.2, -0.15) is 0 Å². The molecule has 0 N–H and O–H groups in total. The molecule has 2 heteroatoms. The third-order valence-electron chi connectivity index (χ3n) is 6.75. The molecule has 2 nitrogen and oxygen atoms in total. The normalized spacial score (nSPS) is 18.0. The topological polar surface area (TPSA) is 8.81 Å². The molecule has 0 amide bonds. The van der Waals surface area contributed by atoms with Crippen LogP contribution < -0.4 is 4.57 Å². The molecule has 0 saturated heterocycles. The van der Waals surface area contributed by atoms with Gasteiger partial charge in [0, 0.05) is 11.1 Å². The van der Waals surface area contributed by atoms with Crippen molar-refractivity contribution in [1.82, 2.24) is 4.57 Å². The third-order valence-corrected chi connectivity index (χ3v) is 6.75. The van der Waals surface area contributed by atoms with Crippen molar-refractivity contribution in [2.75, 3.05) is 0 Å². The van der Waals surface area contributed by atoms with Gasteiger partial charge >= 0.3 is 0 Å². The van der Waals surface area contributed by atoms with Crippen molar-refractivity contribution in [3.63, 3.8) is 0 Å². The number of imidazole rings is 1. The highest BCUT2D eigenvalue weighted by atomic mass is 15.1. The van der Waals surface area contributed by atoms with E-state index in [4.69, 9.17) is 0 Å². The van der Waals surface area contributed by atoms with E-state index in [1.54, 1.807) is 0 Å². The van der Waals surface area contributed by atoms with Crippen LogP contribution in [-0.2, 0) is 0 Å². The minimum atomic E-state index is 0.529. The standard InChI is InChI=1S/C27H43N2/c1-22(2)25-17-14-18-26(23(3)4)27(25)29-20-19-28(21-29)24-15-12-10-8-6-5-7-9-11-13-16-24/h14,17-24H,5-13,15-16H2,1-4H3/q+1. The van der Waals surface area contributed by atoms with Crippen molar-refractivity contribution in [3.8, 4) is 5.69 Å². The van der Waals surface area contributed by atoms with Gasteiger partial charge in [-0.3, -0.25) is 0 Å². The number of para-hydroxylation sites is 1. The highest BCUT2D eigenvalue weighted by molar-refractivity contribution is 5.50. The molecule has 0 radical (unpaired) electrons. The zero-order valence-electron chi connectivity index (χ0n) is 19.4. The second kappa shape index (κ2) is 11.0. The fourth-order valence-corrected chi connectivity index (χ4v) is 4.97. The van der Waals surface area contributed by atoms with Gasteiger partial charge in [0.15, 0.2) is 0 Å². The summed E-state index contributed by atoms with van der Waals surface area (Å²) in [5.74, 6) is 1.06. The van der Waals surface area contributed by atoms with Crippen molar-refractivity contribution >= 4 is 0 Å². The first kappa shape index (κ1) is 22.1. The first-order valence-corrected chi connectivity index (χ1v) is 12.3. The van der Waals surface area contributed by atoms with Gasteiger partial charge in [-0.05, 0) is 37.5 Å². The van der Waals surface area contributed by atoms with E-state index < -0.39 is 0 Å². The molecule has 1 heterocycles. The maximum atomic E-state index is 2.52. The van der Waals surface area contributed by atoms with Gasteiger partial charge < -0.3 is 0 Å². The Morgan fingerprint density at radius 2 is 1.24 bits per heavy atom. The van der Waals surface area contributed by atoms with Crippen LogP contribution in [0.25, 0.3) is 5.69 Å². The molecular formula is C27H43N2+. The predicted octanol–water partition coefficient (Wildman–Crippen LogP) is 7.86. The quantitative estimate of drug-likeness (QED) is 0.466. The second-order valence-corrected chi connectivity index (χ2v) is 9.78. The summed E-state index contributed by atoms with van der Waals surface area (Å²) in [4.78, 5) is 0. The average molecular weight is 396 g/mol. The first-order chi connectivity index (χ1) is 14.1. The van der Waals surface area contributed by atoms with Gasteiger partial charge in [0.05, 0.1) is 0 Å². The Hall–Kier alpha value is -1.57. The van der Waals surface area contributed by atoms with Gasteiger partial charge in [0.25, 0.3) is 0 Å². The van der Waals surface area contributed by atoms with Crippen LogP contribution >= 0.6 is 0 Å². The molecule has 1 saturated carbocycles. The molecule has 0 spiro atoms. The minimum Gasteiger partial charge on any atom is -0.234 e. The van der Waals surface area contributed by atoms with Gasteiger partial charge in [-0.15, -0.1) is 0 Å². The predicted molar refractivity (Wildman–Crippen MR) is 124 cm³/mol. The Kier molecular flexibility index (Phi) is 8.39. The molecule has 0 aliphatic heterocycles. The molecule has 0 bridgehead atoms. The van der Waals surface area contributed by atoms with Gasteiger partial charge in [0.1, 0.15) is 24.1 Å². The summed E-state index contributed by atoms with van der Waals surface area (Å²) >= 11 is 0. The van der Waals surface area contributed by atoms with E-state index in [-0.39, 0.29) is 0 Å². The zero-order chi connectivity index (χ0) is 20.6. The number of aromatic nitrogens is 2. The van der Waals surface area contributed by atoms with E-state index in [2.05, 4.69) is 73.7 Å². The fraction of sp³-hybridized carbons (Fsp3) is 0.667. The van der Waals surface area contributed by atoms with Gasteiger partial charge in [-0.1, -0.05) is 90.8 Å². The van der Waals surface area contributed by atoms with Crippen molar-refractivity contribution in [2.45, 2.75) is 116 Å². The van der Waals surface area contributed by atoms with E-state index >= 15 is 0 Å². The van der Waals surface area contributed by atoms with Crippen LogP contribution in [0.1, 0.15) is 127 Å². The lowest BCUT2D eigenvalue weighted by molar-refractivity contribution is -0.723. The van der Waals surface area contributed by atoms with E-state index in [0.29, 0.717) is 17.9 Å². The van der Waals surface area contributed by atoms with Crippen molar-refractivity contribution < 1.29 is 4.57 Å². The van der Waals surface area contributed by atoms with Crippen LogP contribution in [-0.4, -0.2) is 4.57 Å². The maximum Gasteiger partial charge on any atom is 0.249 e. The summed E-state index contributed by atoms with van der Waals surface area (Å²) in [6.07, 6.45) is 22.4. The Labute approximate surface area is 179 Å². The Morgan fingerprint density at radius 3 is 1.72 bits per heavy atom. The molecule has 1 aromatic carbocycles. The molecule has 29 heavy (non-hydrogen) atoms. The highest BCUT2D eigenvalue weighted by Gasteiger charge is 2.22. The molecular weight excluding hydrogens is 352 g/mol. The zero-order valence-corrected chi connectivity index (χ0v) is 19.4. The SMILES string of the molecule is CC(C)c1cccc(C(C)C)c1-n1cc[n+](C2CCCCCCCCCCC2)c1. The monoisotopic (exact) mass is 395 g/mol. The molecule has 1 fully saturated rings. The van der Waals surface area contributed by atoms with Crippen LogP contribution in [0.3, 0.4) is 0 Å². The van der Waals surface area contributed by atoms with E-state index in [1.165, 1.54) is 87.4 Å². The lowest BCUT2D eigenvalue weighted by Gasteiger charge is -2.17. The summed E-state index contributed by atoms with van der Waals surface area (Å²) in [6, 6.07) is 7.51. The van der Waals surface area contributed by atoms with Crippen LogP contribution in [0, 0.1) is 0 Å². The number of hydrogen-bond donors (Lipinski definition) is 0. The largest absolute Gasteiger partial charge is 0.249 e. The van der Waals surface area contributed by atoms with Crippen molar-refractivity contribution in [3.05, 3.63) is 48.0 Å². The molecule has 160 valence electrons. The molecule has 3 rings (SSSR count). The Morgan fingerprint density at radius 1 is 0.759 bits per heavy atom. The summed E-state index contributed by atoms with van der Waals surface area (Å²) in [6.45, 7) is 9.25. The van der Waals surface area contributed by atoms with Crippen molar-refractivity contribution in [1.29, 1.82) is 0 Å². The molecule has 1 aromatic heterocycles. The number of rotatable bonds is 4. The number of benzene rings is 1. The highest BCUT2D eigenvalue weighted by Crippen LogP contribution is 2.31. The fourth-order valence-electron chi connectivity index (χ4n) is 4.97. The molecule has 1 aliphatic carbocycles. The lowest BCUT2D eigenvalue weighted by atomic mass is 9.92. The Bertz CT molecular complexity index is 702. The van der Waals surface area contributed by atoms with Gasteiger partial charge in [-0.25, -0.2) is 9.13 Å². The average Bonchev–Trinajstić information content (AvgIpc) is 3.17. The summed E-state index contributed by atoms with van der Waals surface area (Å²) in [5, 5.41) is 0. The lowest BCUT2D eigenvalue weighted by Crippen LogP contribution is -2.37. The van der Waals surface area contributed by atoms with E-state index in [1.807, 2.05) is 0 Å². The van der Waals surface area contributed by atoms with Gasteiger partial charge in [0.2, 0.25) is 6.33 Å². The molecule has 1 aliphatic rings. The summed E-state index contributed by atoms with van der Waals surface area (Å²) in [5.41, 5.74) is 4.32. The van der Waals surface area contributed by atoms with E-state index in [0.717, 1.165) is 0 Å². The first-order valence-electron chi connectivity index (χ1n) is 12.3. The van der Waals surface area contributed by atoms with Crippen LogP contribution in [0.2, 0.25) is 0 Å². The third kappa shape index (κ3) is 5.96. The minimum absolute atomic E-state index is 0.529. The maximum absolute atomic E-state index is 2.52. The summed E-state index contributed by atoms with van der Waals surface area (Å²) < 4.78 is 4.92. The number of hydrogen-bond acceptors (Lipinski definition) is 0. The number of nitrogens with zero attached hydrogens (tertiary/aromatic N) is 2. The van der Waals surface area contributed by atoms with Crippen LogP contribution in [0.15, 0.2) is 36.9 Å². The van der Waals surface area contributed by atoms with Crippen LogP contribution in [0.5, 0.6) is 0 Å². The molecule has 2 aromatic rings. The molecule has 0 unspecified atom stereocenters. The summed E-state index contributed by atoms with van der Waals surface area (Å²) in [7, 11) is 0. The Balaban J connectivity index is 1.85. The van der Waals surface area contributed by atoms with Crippen molar-refractivity contribution in [2.24, 2.45) is 0 Å². The second-order valence-electron chi connectivity index (χ2n) is 9.78. The molecule has 0 atom stereocenters. The smallest absolute Gasteiger partial charge is 0.234 e. The van der Waals surface area contributed by atoms with Crippen LogP contribution in [0.4, 0.5) is 0 Å². The van der Waals surface area contributed by atoms with E-state index in [9.17, 15) is 0 Å².